The molecule has 0 heterocycles. The van der Waals surface area contributed by atoms with Gasteiger partial charge in [0.2, 0.25) is 0 Å². The SMILES string of the molecule is OCC(Nc1ccc(Br)cc1)c1cccc(C2CC2)c1. The van der Waals surface area contributed by atoms with Crippen LogP contribution >= 0.6 is 15.9 Å². The van der Waals surface area contributed by atoms with Crippen LogP contribution in [0, 0.1) is 0 Å². The summed E-state index contributed by atoms with van der Waals surface area (Å²) >= 11 is 3.43. The topological polar surface area (TPSA) is 32.3 Å². The van der Waals surface area contributed by atoms with Gasteiger partial charge in [-0.15, -0.1) is 0 Å². The number of anilines is 1. The van der Waals surface area contributed by atoms with Crippen molar-refractivity contribution < 1.29 is 5.11 Å². The largest absolute Gasteiger partial charge is 0.394 e. The normalized spacial score (nSPS) is 15.9. The third kappa shape index (κ3) is 3.22. The number of hydrogen-bond acceptors (Lipinski definition) is 2. The summed E-state index contributed by atoms with van der Waals surface area (Å²) in [4.78, 5) is 0. The molecule has 0 bridgehead atoms. The van der Waals surface area contributed by atoms with Gasteiger partial charge in [-0.25, -0.2) is 0 Å². The lowest BCUT2D eigenvalue weighted by atomic mass is 10.0. The van der Waals surface area contributed by atoms with Crippen molar-refractivity contribution in [3.63, 3.8) is 0 Å². The second-order valence-corrected chi connectivity index (χ2v) is 6.25. The Bertz CT molecular complexity index is 578. The molecule has 0 radical (unpaired) electrons. The van der Waals surface area contributed by atoms with Gasteiger partial charge in [-0.1, -0.05) is 40.2 Å². The van der Waals surface area contributed by atoms with Crippen molar-refractivity contribution in [1.82, 2.24) is 0 Å². The maximum Gasteiger partial charge on any atom is 0.0745 e. The summed E-state index contributed by atoms with van der Waals surface area (Å²) in [5.74, 6) is 0.738. The van der Waals surface area contributed by atoms with Gasteiger partial charge in [0.05, 0.1) is 12.6 Å². The Hall–Kier alpha value is -1.32. The first kappa shape index (κ1) is 13.7. The van der Waals surface area contributed by atoms with Crippen molar-refractivity contribution in [2.75, 3.05) is 11.9 Å². The molecule has 1 aliphatic rings. The van der Waals surface area contributed by atoms with Crippen LogP contribution in [0.1, 0.15) is 35.9 Å². The summed E-state index contributed by atoms with van der Waals surface area (Å²) in [6.45, 7) is 0.0875. The van der Waals surface area contributed by atoms with Crippen LogP contribution in [0.15, 0.2) is 53.0 Å². The van der Waals surface area contributed by atoms with Gasteiger partial charge < -0.3 is 10.4 Å². The molecule has 3 rings (SSSR count). The molecule has 0 saturated heterocycles. The van der Waals surface area contributed by atoms with Crippen molar-refractivity contribution in [3.05, 3.63) is 64.1 Å². The maximum atomic E-state index is 9.67. The molecule has 2 nitrogen and oxygen atoms in total. The van der Waals surface area contributed by atoms with Crippen molar-refractivity contribution in [2.45, 2.75) is 24.8 Å². The Morgan fingerprint density at radius 3 is 2.55 bits per heavy atom. The zero-order valence-corrected chi connectivity index (χ0v) is 12.8. The van der Waals surface area contributed by atoms with E-state index < -0.39 is 0 Å². The van der Waals surface area contributed by atoms with Crippen LogP contribution in [-0.2, 0) is 0 Å². The summed E-state index contributed by atoms with van der Waals surface area (Å²) in [5.41, 5.74) is 3.57. The third-order valence-corrected chi connectivity index (χ3v) is 4.26. The average molecular weight is 332 g/mol. The summed E-state index contributed by atoms with van der Waals surface area (Å²) in [5, 5.41) is 13.1. The minimum Gasteiger partial charge on any atom is -0.394 e. The number of rotatable bonds is 5. The van der Waals surface area contributed by atoms with E-state index in [1.54, 1.807) is 0 Å². The lowest BCUT2D eigenvalue weighted by Gasteiger charge is -2.19. The van der Waals surface area contributed by atoms with Gasteiger partial charge in [0, 0.05) is 10.2 Å². The quantitative estimate of drug-likeness (QED) is 0.847. The molecule has 20 heavy (non-hydrogen) atoms. The second-order valence-electron chi connectivity index (χ2n) is 5.33. The van der Waals surface area contributed by atoms with Gasteiger partial charge >= 0.3 is 0 Å². The summed E-state index contributed by atoms with van der Waals surface area (Å²) < 4.78 is 1.05. The van der Waals surface area contributed by atoms with Crippen molar-refractivity contribution in [1.29, 1.82) is 0 Å². The van der Waals surface area contributed by atoms with E-state index >= 15 is 0 Å². The molecule has 1 unspecified atom stereocenters. The zero-order valence-electron chi connectivity index (χ0n) is 11.2. The lowest BCUT2D eigenvalue weighted by Crippen LogP contribution is -2.15. The predicted octanol–water partition coefficient (Wildman–Crippen LogP) is 4.47. The number of aliphatic hydroxyl groups is 1. The molecule has 104 valence electrons. The highest BCUT2D eigenvalue weighted by Crippen LogP contribution is 2.40. The van der Waals surface area contributed by atoms with Gasteiger partial charge in [0.1, 0.15) is 0 Å². The van der Waals surface area contributed by atoms with Gasteiger partial charge in [-0.2, -0.15) is 0 Å². The van der Waals surface area contributed by atoms with Gasteiger partial charge in [-0.05, 0) is 54.2 Å². The second kappa shape index (κ2) is 5.98. The van der Waals surface area contributed by atoms with E-state index in [0.29, 0.717) is 0 Å². The van der Waals surface area contributed by atoms with Gasteiger partial charge in [0.25, 0.3) is 0 Å². The molecule has 2 aromatic carbocycles. The minimum atomic E-state index is -0.0603. The van der Waals surface area contributed by atoms with Crippen LogP contribution < -0.4 is 5.32 Å². The minimum absolute atomic E-state index is 0.0603. The fourth-order valence-electron chi connectivity index (χ4n) is 2.43. The summed E-state index contributed by atoms with van der Waals surface area (Å²) in [6, 6.07) is 16.5. The van der Waals surface area contributed by atoms with Crippen molar-refractivity contribution in [2.24, 2.45) is 0 Å². The van der Waals surface area contributed by atoms with E-state index in [4.69, 9.17) is 0 Å². The monoisotopic (exact) mass is 331 g/mol. The van der Waals surface area contributed by atoms with Gasteiger partial charge in [0.15, 0.2) is 0 Å². The highest BCUT2D eigenvalue weighted by Gasteiger charge is 2.24. The molecule has 0 aromatic heterocycles. The molecular formula is C17H18BrNO. The molecule has 2 N–H and O–H groups in total. The Morgan fingerprint density at radius 1 is 1.15 bits per heavy atom. The first-order chi connectivity index (χ1) is 9.76. The van der Waals surface area contributed by atoms with Crippen LogP contribution in [0.25, 0.3) is 0 Å². The first-order valence-corrected chi connectivity index (χ1v) is 7.78. The van der Waals surface area contributed by atoms with Crippen molar-refractivity contribution in [3.8, 4) is 0 Å². The highest BCUT2D eigenvalue weighted by atomic mass is 79.9. The molecule has 0 amide bonds. The van der Waals surface area contributed by atoms with E-state index in [1.165, 1.54) is 18.4 Å². The van der Waals surface area contributed by atoms with E-state index in [9.17, 15) is 5.11 Å². The van der Waals surface area contributed by atoms with Crippen molar-refractivity contribution >= 4 is 21.6 Å². The van der Waals surface area contributed by atoms with Crippen LogP contribution in [0.3, 0.4) is 0 Å². The van der Waals surface area contributed by atoms with Crippen LogP contribution in [0.4, 0.5) is 5.69 Å². The van der Waals surface area contributed by atoms with E-state index in [0.717, 1.165) is 21.6 Å². The Morgan fingerprint density at radius 2 is 1.90 bits per heavy atom. The number of aliphatic hydroxyl groups excluding tert-OH is 1. The smallest absolute Gasteiger partial charge is 0.0745 e. The number of nitrogens with one attached hydrogen (secondary N) is 1. The number of halogens is 1. The standard InChI is InChI=1S/C17H18BrNO/c18-15-6-8-16(9-7-15)19-17(11-20)14-3-1-2-13(10-14)12-4-5-12/h1-3,6-10,12,17,19-20H,4-5,11H2. The zero-order chi connectivity index (χ0) is 13.9. The van der Waals surface area contributed by atoms with Crippen LogP contribution in [0.5, 0.6) is 0 Å². The maximum absolute atomic E-state index is 9.67. The predicted molar refractivity (Wildman–Crippen MR) is 86.0 cm³/mol. The molecule has 0 aliphatic heterocycles. The van der Waals surface area contributed by atoms with Crippen LogP contribution in [-0.4, -0.2) is 11.7 Å². The molecule has 3 heteroatoms. The van der Waals surface area contributed by atoms with Gasteiger partial charge in [-0.3, -0.25) is 0 Å². The Balaban J connectivity index is 1.78. The fraction of sp³-hybridized carbons (Fsp3) is 0.294. The highest BCUT2D eigenvalue weighted by molar-refractivity contribution is 9.10. The number of benzene rings is 2. The third-order valence-electron chi connectivity index (χ3n) is 3.73. The summed E-state index contributed by atoms with van der Waals surface area (Å²) in [6.07, 6.45) is 2.60. The first-order valence-electron chi connectivity index (χ1n) is 6.99. The Labute approximate surface area is 128 Å². The molecule has 1 atom stereocenters. The lowest BCUT2D eigenvalue weighted by molar-refractivity contribution is 0.276. The summed E-state index contributed by atoms with van der Waals surface area (Å²) in [7, 11) is 0. The fourth-order valence-corrected chi connectivity index (χ4v) is 2.69. The average Bonchev–Trinajstić information content (AvgIpc) is 3.31. The molecule has 1 fully saturated rings. The molecular weight excluding hydrogens is 314 g/mol. The van der Waals surface area contributed by atoms with Crippen LogP contribution in [0.2, 0.25) is 0 Å². The van der Waals surface area contributed by atoms with E-state index in [-0.39, 0.29) is 12.6 Å². The van der Waals surface area contributed by atoms with E-state index in [2.05, 4.69) is 45.5 Å². The molecule has 2 aromatic rings. The molecule has 0 spiro atoms. The Kier molecular flexibility index (Phi) is 4.08. The van der Waals surface area contributed by atoms with E-state index in [1.807, 2.05) is 24.3 Å². The number of hydrogen-bond donors (Lipinski definition) is 2. The molecule has 1 aliphatic carbocycles. The molecule has 1 saturated carbocycles.